The highest BCUT2D eigenvalue weighted by molar-refractivity contribution is 6.11. The Morgan fingerprint density at radius 2 is 0.940 bits per heavy atom. The molecule has 2 aromatic heterocycles. The maximum atomic E-state index is 10.3. The van der Waals surface area contributed by atoms with Crippen molar-refractivity contribution in [2.75, 3.05) is 0 Å². The Hall–Kier alpha value is -7.39. The second-order valence-electron chi connectivity index (χ2n) is 12.3. The molecule has 0 spiro atoms. The van der Waals surface area contributed by atoms with Crippen LogP contribution < -0.4 is 0 Å². The zero-order valence-electron chi connectivity index (χ0n) is 26.7. The third-order valence-corrected chi connectivity index (χ3v) is 9.64. The van der Waals surface area contributed by atoms with Gasteiger partial charge in [-0.1, -0.05) is 91.0 Å². The summed E-state index contributed by atoms with van der Waals surface area (Å²) in [5, 5.41) is 33.7. The molecule has 0 bridgehead atoms. The van der Waals surface area contributed by atoms with Crippen molar-refractivity contribution in [3.05, 3.63) is 168 Å². The number of para-hydroxylation sites is 3. The molecule has 50 heavy (non-hydrogen) atoms. The molecule has 0 saturated heterocycles. The Labute approximate surface area is 287 Å². The maximum absolute atomic E-state index is 10.3. The highest BCUT2D eigenvalue weighted by atomic mass is 15.0. The minimum absolute atomic E-state index is 0.584. The van der Waals surface area contributed by atoms with E-state index in [1.54, 1.807) is 0 Å². The van der Waals surface area contributed by atoms with Gasteiger partial charge in [0, 0.05) is 32.8 Å². The molecular weight excluding hydrogens is 611 g/mol. The zero-order chi connectivity index (χ0) is 33.8. The molecule has 230 valence electrons. The number of rotatable bonds is 4. The summed E-state index contributed by atoms with van der Waals surface area (Å²) in [6.07, 6.45) is 0. The second kappa shape index (κ2) is 11.4. The van der Waals surface area contributed by atoms with Gasteiger partial charge in [0.25, 0.3) is 0 Å². The van der Waals surface area contributed by atoms with E-state index in [-0.39, 0.29) is 0 Å². The first kappa shape index (κ1) is 28.8. The fourth-order valence-electron chi connectivity index (χ4n) is 7.35. The van der Waals surface area contributed by atoms with E-state index in [2.05, 4.69) is 118 Å². The molecule has 0 aliphatic rings. The fourth-order valence-corrected chi connectivity index (χ4v) is 7.35. The van der Waals surface area contributed by atoms with Crippen molar-refractivity contribution in [2.45, 2.75) is 0 Å². The quantitative estimate of drug-likeness (QED) is 0.193. The minimum atomic E-state index is 0.584. The molecule has 2 heterocycles. The first-order valence-corrected chi connectivity index (χ1v) is 16.3. The van der Waals surface area contributed by atoms with Gasteiger partial charge < -0.3 is 9.13 Å². The van der Waals surface area contributed by atoms with Gasteiger partial charge in [0.15, 0.2) is 0 Å². The SMILES string of the molecule is N#Cc1ccc2c(c1)c1ccc(C#N)cc1n2-c1ccc(-c2ccc(-c3cccc(C#N)c3-n3c4ccccc4c4ccccc43)cc2)cc1. The number of benzene rings is 7. The van der Waals surface area contributed by atoms with Gasteiger partial charge in [-0.3, -0.25) is 0 Å². The van der Waals surface area contributed by atoms with Gasteiger partial charge in [-0.25, -0.2) is 0 Å². The van der Waals surface area contributed by atoms with E-state index < -0.39 is 0 Å². The largest absolute Gasteiger partial charge is 0.309 e. The van der Waals surface area contributed by atoms with Crippen LogP contribution in [0.5, 0.6) is 0 Å². The minimum Gasteiger partial charge on any atom is -0.309 e. The van der Waals surface area contributed by atoms with Crippen molar-refractivity contribution in [3.8, 4) is 51.8 Å². The van der Waals surface area contributed by atoms with E-state index in [1.165, 1.54) is 0 Å². The summed E-state index contributed by atoms with van der Waals surface area (Å²) in [6.45, 7) is 0. The van der Waals surface area contributed by atoms with Gasteiger partial charge in [-0.2, -0.15) is 15.8 Å². The van der Waals surface area contributed by atoms with Crippen molar-refractivity contribution in [3.63, 3.8) is 0 Å². The first-order chi connectivity index (χ1) is 24.7. The molecule has 0 N–H and O–H groups in total. The van der Waals surface area contributed by atoms with Crippen molar-refractivity contribution >= 4 is 43.6 Å². The van der Waals surface area contributed by atoms with Crippen LogP contribution in [-0.4, -0.2) is 9.13 Å². The number of nitrogens with zero attached hydrogens (tertiary/aromatic N) is 5. The first-order valence-electron chi connectivity index (χ1n) is 16.3. The lowest BCUT2D eigenvalue weighted by Gasteiger charge is -2.16. The molecule has 9 aromatic rings. The maximum Gasteiger partial charge on any atom is 0.101 e. The molecule has 0 fully saturated rings. The van der Waals surface area contributed by atoms with Crippen LogP contribution in [0.3, 0.4) is 0 Å². The third kappa shape index (κ3) is 4.38. The fraction of sp³-hybridized carbons (Fsp3) is 0. The highest BCUT2D eigenvalue weighted by Crippen LogP contribution is 2.39. The number of aromatic nitrogens is 2. The second-order valence-corrected chi connectivity index (χ2v) is 12.3. The Bertz CT molecular complexity index is 2890. The number of nitriles is 3. The van der Waals surface area contributed by atoms with Gasteiger partial charge in [0.05, 0.1) is 56.6 Å². The third-order valence-electron chi connectivity index (χ3n) is 9.64. The summed E-state index contributed by atoms with van der Waals surface area (Å²) in [5.41, 5.74) is 11.8. The lowest BCUT2D eigenvalue weighted by atomic mass is 9.97. The van der Waals surface area contributed by atoms with Crippen LogP contribution in [0.2, 0.25) is 0 Å². The Kier molecular flexibility index (Phi) is 6.56. The van der Waals surface area contributed by atoms with Crippen molar-refractivity contribution in [1.29, 1.82) is 15.8 Å². The normalized spacial score (nSPS) is 11.1. The van der Waals surface area contributed by atoms with E-state index in [4.69, 9.17) is 0 Å². The van der Waals surface area contributed by atoms with E-state index >= 15 is 0 Å². The molecule has 9 rings (SSSR count). The van der Waals surface area contributed by atoms with Gasteiger partial charge in [0.1, 0.15) is 6.07 Å². The van der Waals surface area contributed by atoms with E-state index in [0.29, 0.717) is 16.7 Å². The van der Waals surface area contributed by atoms with Gasteiger partial charge in [-0.15, -0.1) is 0 Å². The highest BCUT2D eigenvalue weighted by Gasteiger charge is 2.19. The van der Waals surface area contributed by atoms with Crippen molar-refractivity contribution < 1.29 is 0 Å². The topological polar surface area (TPSA) is 81.2 Å². The predicted octanol–water partition coefficient (Wildman–Crippen LogP) is 10.8. The predicted molar refractivity (Wildman–Crippen MR) is 200 cm³/mol. The summed E-state index contributed by atoms with van der Waals surface area (Å²) >= 11 is 0. The van der Waals surface area contributed by atoms with E-state index in [0.717, 1.165) is 77.2 Å². The lowest BCUT2D eigenvalue weighted by Crippen LogP contribution is -2.00. The molecule has 0 saturated carbocycles. The van der Waals surface area contributed by atoms with Crippen molar-refractivity contribution in [2.24, 2.45) is 0 Å². The van der Waals surface area contributed by atoms with Crippen LogP contribution in [-0.2, 0) is 0 Å². The standard InChI is InChI=1S/C45H25N5/c46-26-29-13-23-43-40(24-29)39-22-12-30(27-47)25-44(39)49(43)35-20-18-32(19-21-35)31-14-16-33(17-15-31)36-9-5-6-34(28-48)45(36)50-41-10-3-1-7-37(41)38-8-2-4-11-42(38)50/h1-25H. The summed E-state index contributed by atoms with van der Waals surface area (Å²) in [7, 11) is 0. The van der Waals surface area contributed by atoms with Crippen molar-refractivity contribution in [1.82, 2.24) is 9.13 Å². The van der Waals surface area contributed by atoms with Gasteiger partial charge in [-0.05, 0) is 77.4 Å². The molecule has 0 aliphatic heterocycles. The molecule has 0 atom stereocenters. The average Bonchev–Trinajstić information content (AvgIpc) is 3.69. The monoisotopic (exact) mass is 635 g/mol. The summed E-state index contributed by atoms with van der Waals surface area (Å²) in [6, 6.07) is 57.9. The lowest BCUT2D eigenvalue weighted by molar-refractivity contribution is 1.17. The smallest absolute Gasteiger partial charge is 0.101 e. The zero-order valence-corrected chi connectivity index (χ0v) is 26.7. The molecule has 5 heteroatoms. The summed E-state index contributed by atoms with van der Waals surface area (Å²) in [5.74, 6) is 0. The molecule has 0 amide bonds. The average molecular weight is 636 g/mol. The molecular formula is C45H25N5. The van der Waals surface area contributed by atoms with Gasteiger partial charge >= 0.3 is 0 Å². The van der Waals surface area contributed by atoms with Crippen LogP contribution in [0.1, 0.15) is 16.7 Å². The number of hydrogen-bond acceptors (Lipinski definition) is 3. The molecule has 7 aromatic carbocycles. The summed E-state index contributed by atoms with van der Waals surface area (Å²) < 4.78 is 4.37. The van der Waals surface area contributed by atoms with Gasteiger partial charge in [0.2, 0.25) is 0 Å². The van der Waals surface area contributed by atoms with Crippen LogP contribution in [0.15, 0.2) is 152 Å². The number of hydrogen-bond donors (Lipinski definition) is 0. The molecule has 5 nitrogen and oxygen atoms in total. The van der Waals surface area contributed by atoms with E-state index in [1.807, 2.05) is 60.7 Å². The van der Waals surface area contributed by atoms with E-state index in [9.17, 15) is 15.8 Å². The van der Waals surface area contributed by atoms with Crippen LogP contribution >= 0.6 is 0 Å². The Morgan fingerprint density at radius 1 is 0.380 bits per heavy atom. The molecule has 0 radical (unpaired) electrons. The van der Waals surface area contributed by atoms with Crippen LogP contribution in [0, 0.1) is 34.0 Å². The summed E-state index contributed by atoms with van der Waals surface area (Å²) in [4.78, 5) is 0. The van der Waals surface area contributed by atoms with Crippen LogP contribution in [0.25, 0.3) is 77.2 Å². The van der Waals surface area contributed by atoms with Crippen LogP contribution in [0.4, 0.5) is 0 Å². The molecule has 0 aliphatic carbocycles. The number of fused-ring (bicyclic) bond motifs is 6. The Morgan fingerprint density at radius 3 is 1.60 bits per heavy atom. The molecule has 0 unspecified atom stereocenters. The Balaban J connectivity index is 1.13.